The number of hydrogen-bond acceptors (Lipinski definition) is 6. The molecule has 0 bridgehead atoms. The lowest BCUT2D eigenvalue weighted by Crippen LogP contribution is -2.33. The summed E-state index contributed by atoms with van der Waals surface area (Å²) in [4.78, 5) is 18.6. The van der Waals surface area contributed by atoms with Crippen molar-refractivity contribution in [2.75, 3.05) is 18.8 Å². The Balaban J connectivity index is 1.49. The highest BCUT2D eigenvalue weighted by molar-refractivity contribution is 7.99. The highest BCUT2D eigenvalue weighted by Crippen LogP contribution is 2.21. The Morgan fingerprint density at radius 2 is 1.92 bits per heavy atom. The molecule has 4 rings (SSSR count). The van der Waals surface area contributed by atoms with Gasteiger partial charge in [-0.15, -0.1) is 10.2 Å². The molecule has 1 amide bonds. The van der Waals surface area contributed by atoms with Crippen LogP contribution in [-0.4, -0.2) is 54.4 Å². The van der Waals surface area contributed by atoms with E-state index in [4.69, 9.17) is 0 Å². The summed E-state index contributed by atoms with van der Waals surface area (Å²) in [5, 5.41) is 13.8. The quantitative estimate of drug-likeness (QED) is 0.659. The maximum atomic E-state index is 12.5. The average Bonchev–Trinajstić information content (AvgIpc) is 2.91. The van der Waals surface area contributed by atoms with Gasteiger partial charge in [-0.25, -0.2) is 0 Å². The summed E-state index contributed by atoms with van der Waals surface area (Å²) in [5.74, 6) is 1.24. The van der Waals surface area contributed by atoms with Gasteiger partial charge in [0.15, 0.2) is 11.5 Å². The Bertz CT molecular complexity index is 889. The van der Waals surface area contributed by atoms with Crippen molar-refractivity contribution in [3.05, 3.63) is 36.7 Å². The smallest absolute Gasteiger partial charge is 0.232 e. The molecule has 1 fully saturated rings. The maximum Gasteiger partial charge on any atom is 0.232 e. The first-order valence-electron chi connectivity index (χ1n) is 8.85. The standard InChI is InChI=1S/C18H20N6OS/c25-17(23-10-3-1-2-4-11-23)13-26-16-8-7-15-20-21-18(24(15)22-16)14-6-5-9-19-12-14/h5-9,12H,1-4,10-11,13H2. The second kappa shape index (κ2) is 7.82. The lowest BCUT2D eigenvalue weighted by atomic mass is 10.2. The molecule has 0 spiro atoms. The van der Waals surface area contributed by atoms with Gasteiger partial charge in [0.1, 0.15) is 5.03 Å². The van der Waals surface area contributed by atoms with Crippen molar-refractivity contribution in [3.63, 3.8) is 0 Å². The Morgan fingerprint density at radius 3 is 2.69 bits per heavy atom. The zero-order valence-corrected chi connectivity index (χ0v) is 15.2. The number of hydrogen-bond donors (Lipinski definition) is 0. The van der Waals surface area contributed by atoms with Crippen molar-refractivity contribution in [2.45, 2.75) is 30.7 Å². The molecule has 0 atom stereocenters. The van der Waals surface area contributed by atoms with Crippen molar-refractivity contribution >= 4 is 23.3 Å². The molecular formula is C18H20N6OS. The highest BCUT2D eigenvalue weighted by Gasteiger charge is 2.16. The summed E-state index contributed by atoms with van der Waals surface area (Å²) < 4.78 is 1.70. The van der Waals surface area contributed by atoms with Gasteiger partial charge in [0.2, 0.25) is 5.91 Å². The lowest BCUT2D eigenvalue weighted by Gasteiger charge is -2.19. The third-order valence-electron chi connectivity index (χ3n) is 4.46. The molecule has 0 saturated carbocycles. The SMILES string of the molecule is O=C(CSc1ccc2nnc(-c3cccnc3)n2n1)N1CCCCCC1. The third-order valence-corrected chi connectivity index (χ3v) is 5.37. The molecule has 1 saturated heterocycles. The molecule has 7 nitrogen and oxygen atoms in total. The number of nitrogens with zero attached hydrogens (tertiary/aromatic N) is 6. The van der Waals surface area contributed by atoms with Gasteiger partial charge in [-0.2, -0.15) is 9.61 Å². The first-order valence-corrected chi connectivity index (χ1v) is 9.83. The van der Waals surface area contributed by atoms with Crippen LogP contribution in [0.25, 0.3) is 17.0 Å². The van der Waals surface area contributed by atoms with Gasteiger partial charge in [0.25, 0.3) is 0 Å². The van der Waals surface area contributed by atoms with Crippen LogP contribution in [0.2, 0.25) is 0 Å². The monoisotopic (exact) mass is 368 g/mol. The van der Waals surface area contributed by atoms with Crippen LogP contribution < -0.4 is 0 Å². The van der Waals surface area contributed by atoms with E-state index in [-0.39, 0.29) is 5.91 Å². The average molecular weight is 368 g/mol. The van der Waals surface area contributed by atoms with Gasteiger partial charge < -0.3 is 4.90 Å². The zero-order chi connectivity index (χ0) is 17.8. The maximum absolute atomic E-state index is 12.5. The molecule has 3 aromatic heterocycles. The van der Waals surface area contributed by atoms with Crippen LogP contribution in [0.15, 0.2) is 41.7 Å². The summed E-state index contributed by atoms with van der Waals surface area (Å²) in [6, 6.07) is 7.54. The van der Waals surface area contributed by atoms with Gasteiger partial charge in [0, 0.05) is 31.0 Å². The van der Waals surface area contributed by atoms with Crippen LogP contribution in [0.1, 0.15) is 25.7 Å². The van der Waals surface area contributed by atoms with Crippen LogP contribution in [0.5, 0.6) is 0 Å². The second-order valence-corrected chi connectivity index (χ2v) is 7.29. The number of carbonyl (C=O) groups excluding carboxylic acids is 1. The van der Waals surface area contributed by atoms with Crippen LogP contribution in [-0.2, 0) is 4.79 Å². The normalized spacial score (nSPS) is 15.2. The topological polar surface area (TPSA) is 76.3 Å². The van der Waals surface area contributed by atoms with Crippen LogP contribution in [0.3, 0.4) is 0 Å². The Morgan fingerprint density at radius 1 is 1.08 bits per heavy atom. The highest BCUT2D eigenvalue weighted by atomic mass is 32.2. The minimum absolute atomic E-state index is 0.190. The fourth-order valence-corrected chi connectivity index (χ4v) is 3.83. The van der Waals surface area contributed by atoms with Crippen LogP contribution >= 0.6 is 11.8 Å². The summed E-state index contributed by atoms with van der Waals surface area (Å²) in [7, 11) is 0. The minimum Gasteiger partial charge on any atom is -0.342 e. The summed E-state index contributed by atoms with van der Waals surface area (Å²) in [6.45, 7) is 1.75. The summed E-state index contributed by atoms with van der Waals surface area (Å²) >= 11 is 1.46. The number of pyridine rings is 1. The minimum atomic E-state index is 0.190. The van der Waals surface area contributed by atoms with Crippen molar-refractivity contribution in [1.29, 1.82) is 0 Å². The van der Waals surface area contributed by atoms with Crippen LogP contribution in [0, 0.1) is 0 Å². The molecule has 0 radical (unpaired) electrons. The molecule has 0 aliphatic carbocycles. The van der Waals surface area contributed by atoms with E-state index in [1.807, 2.05) is 29.2 Å². The molecule has 134 valence electrons. The number of rotatable bonds is 4. The van der Waals surface area contributed by atoms with Crippen molar-refractivity contribution in [1.82, 2.24) is 29.7 Å². The molecule has 8 heteroatoms. The molecule has 3 aromatic rings. The fourth-order valence-electron chi connectivity index (χ4n) is 3.07. The molecule has 0 unspecified atom stereocenters. The third kappa shape index (κ3) is 3.70. The zero-order valence-electron chi connectivity index (χ0n) is 14.4. The number of amides is 1. The van der Waals surface area contributed by atoms with Crippen LogP contribution in [0.4, 0.5) is 0 Å². The first kappa shape index (κ1) is 17.0. The van der Waals surface area contributed by atoms with E-state index < -0.39 is 0 Å². The van der Waals surface area contributed by atoms with Gasteiger partial charge >= 0.3 is 0 Å². The molecule has 26 heavy (non-hydrogen) atoms. The second-order valence-electron chi connectivity index (χ2n) is 6.29. The fraction of sp³-hybridized carbons (Fsp3) is 0.389. The van der Waals surface area contributed by atoms with E-state index in [2.05, 4.69) is 20.3 Å². The Hall–Kier alpha value is -2.48. The number of likely N-dealkylation sites (tertiary alicyclic amines) is 1. The summed E-state index contributed by atoms with van der Waals surface area (Å²) in [6.07, 6.45) is 8.11. The Labute approximate surface area is 155 Å². The van der Waals surface area contributed by atoms with E-state index >= 15 is 0 Å². The van der Waals surface area contributed by atoms with Crippen molar-refractivity contribution < 1.29 is 4.79 Å². The van der Waals surface area contributed by atoms with E-state index in [0.717, 1.165) is 36.5 Å². The molecular weight excluding hydrogens is 348 g/mol. The molecule has 1 aliphatic heterocycles. The predicted molar refractivity (Wildman–Crippen MR) is 99.8 cm³/mol. The lowest BCUT2D eigenvalue weighted by molar-refractivity contribution is -0.128. The molecule has 4 heterocycles. The van der Waals surface area contributed by atoms with E-state index in [1.54, 1.807) is 16.9 Å². The van der Waals surface area contributed by atoms with E-state index in [0.29, 0.717) is 17.2 Å². The first-order chi connectivity index (χ1) is 12.8. The van der Waals surface area contributed by atoms with E-state index in [9.17, 15) is 4.79 Å². The van der Waals surface area contributed by atoms with Crippen molar-refractivity contribution in [2.24, 2.45) is 0 Å². The number of carbonyl (C=O) groups is 1. The predicted octanol–water partition coefficient (Wildman–Crippen LogP) is 2.68. The molecule has 1 aliphatic rings. The van der Waals surface area contributed by atoms with Gasteiger partial charge in [-0.3, -0.25) is 9.78 Å². The number of aromatic nitrogens is 5. The largest absolute Gasteiger partial charge is 0.342 e. The molecule has 0 aromatic carbocycles. The Kier molecular flexibility index (Phi) is 5.10. The molecule has 0 N–H and O–H groups in total. The van der Waals surface area contributed by atoms with Gasteiger partial charge in [0.05, 0.1) is 5.75 Å². The van der Waals surface area contributed by atoms with E-state index in [1.165, 1.54) is 24.6 Å². The number of fused-ring (bicyclic) bond motifs is 1. The summed E-state index contributed by atoms with van der Waals surface area (Å²) in [5.41, 5.74) is 1.53. The van der Waals surface area contributed by atoms with Gasteiger partial charge in [-0.05, 0) is 37.1 Å². The number of thioether (sulfide) groups is 1. The van der Waals surface area contributed by atoms with Crippen molar-refractivity contribution in [3.8, 4) is 11.4 Å². The van der Waals surface area contributed by atoms with Gasteiger partial charge in [-0.1, -0.05) is 24.6 Å².